The second kappa shape index (κ2) is 6.29. The summed E-state index contributed by atoms with van der Waals surface area (Å²) < 4.78 is 10.4. The molecule has 0 saturated carbocycles. The molecule has 0 bridgehead atoms. The number of hydrogen-bond acceptors (Lipinski definition) is 6. The molecule has 1 aliphatic heterocycles. The van der Waals surface area contributed by atoms with Gasteiger partial charge in [-0.15, -0.1) is 11.3 Å². The predicted octanol–water partition coefficient (Wildman–Crippen LogP) is 2.56. The Bertz CT molecular complexity index is 666. The van der Waals surface area contributed by atoms with Crippen molar-refractivity contribution in [3.05, 3.63) is 57.8 Å². The van der Waals surface area contributed by atoms with Gasteiger partial charge in [0.25, 0.3) is 0 Å². The summed E-state index contributed by atoms with van der Waals surface area (Å²) in [6, 6.07) is 5.72. The van der Waals surface area contributed by atoms with E-state index in [2.05, 4.69) is 6.58 Å². The van der Waals surface area contributed by atoms with Gasteiger partial charge in [0.05, 0.1) is 11.5 Å². The molecule has 108 valence electrons. The Hall–Kier alpha value is -2.52. The van der Waals surface area contributed by atoms with E-state index < -0.39 is 11.9 Å². The molecular formula is C15H14N2O3S. The fraction of sp³-hybridized carbons (Fsp3) is 0.200. The molecule has 0 saturated heterocycles. The van der Waals surface area contributed by atoms with E-state index in [1.165, 1.54) is 17.4 Å². The van der Waals surface area contributed by atoms with Crippen molar-refractivity contribution in [1.29, 1.82) is 5.26 Å². The SMILES string of the molecule is C=CCOC(=O)C1=C(C)OC(N)=C(C#N)C1c1cccs1. The first kappa shape index (κ1) is 14.9. The van der Waals surface area contributed by atoms with Gasteiger partial charge in [-0.1, -0.05) is 18.7 Å². The van der Waals surface area contributed by atoms with E-state index in [9.17, 15) is 10.1 Å². The molecule has 1 aromatic heterocycles. The van der Waals surface area contributed by atoms with Crippen LogP contribution in [0.5, 0.6) is 0 Å². The minimum Gasteiger partial charge on any atom is -0.458 e. The molecule has 0 fully saturated rings. The Morgan fingerprint density at radius 3 is 3.05 bits per heavy atom. The van der Waals surface area contributed by atoms with Crippen molar-refractivity contribution in [3.8, 4) is 6.07 Å². The number of hydrogen-bond donors (Lipinski definition) is 1. The van der Waals surface area contributed by atoms with Gasteiger partial charge in [-0.2, -0.15) is 5.26 Å². The van der Waals surface area contributed by atoms with Crippen molar-refractivity contribution in [3.63, 3.8) is 0 Å². The van der Waals surface area contributed by atoms with Crippen molar-refractivity contribution >= 4 is 17.3 Å². The summed E-state index contributed by atoms with van der Waals surface area (Å²) >= 11 is 1.44. The minimum atomic E-state index is -0.555. The third-order valence-corrected chi connectivity index (χ3v) is 3.92. The van der Waals surface area contributed by atoms with E-state index in [-0.39, 0.29) is 18.1 Å². The highest BCUT2D eigenvalue weighted by Crippen LogP contribution is 2.41. The highest BCUT2D eigenvalue weighted by molar-refractivity contribution is 7.10. The quantitative estimate of drug-likeness (QED) is 0.682. The fourth-order valence-electron chi connectivity index (χ4n) is 2.10. The maximum atomic E-state index is 12.3. The first-order valence-electron chi connectivity index (χ1n) is 6.20. The van der Waals surface area contributed by atoms with Crippen LogP contribution in [0.15, 0.2) is 53.0 Å². The monoisotopic (exact) mass is 302 g/mol. The van der Waals surface area contributed by atoms with Gasteiger partial charge in [-0.25, -0.2) is 4.79 Å². The van der Waals surface area contributed by atoms with Crippen molar-refractivity contribution in [2.45, 2.75) is 12.8 Å². The van der Waals surface area contributed by atoms with Crippen molar-refractivity contribution < 1.29 is 14.3 Å². The smallest absolute Gasteiger partial charge is 0.338 e. The molecule has 2 rings (SSSR count). The maximum Gasteiger partial charge on any atom is 0.338 e. The summed E-state index contributed by atoms with van der Waals surface area (Å²) in [7, 11) is 0. The zero-order valence-electron chi connectivity index (χ0n) is 11.5. The molecule has 1 atom stereocenters. The van der Waals surface area contributed by atoms with Crippen LogP contribution in [0, 0.1) is 11.3 Å². The van der Waals surface area contributed by atoms with Gasteiger partial charge in [0.2, 0.25) is 5.88 Å². The molecule has 21 heavy (non-hydrogen) atoms. The lowest BCUT2D eigenvalue weighted by Gasteiger charge is -2.25. The van der Waals surface area contributed by atoms with Crippen LogP contribution in [-0.4, -0.2) is 12.6 Å². The third kappa shape index (κ3) is 2.83. The molecular weight excluding hydrogens is 288 g/mol. The van der Waals surface area contributed by atoms with Crippen LogP contribution < -0.4 is 5.73 Å². The topological polar surface area (TPSA) is 85.3 Å². The molecule has 0 radical (unpaired) electrons. The second-order valence-corrected chi connectivity index (χ2v) is 5.28. The molecule has 2 N–H and O–H groups in total. The standard InChI is InChI=1S/C15H14N2O3S/c1-3-6-19-15(18)12-9(2)20-14(17)10(8-16)13(12)11-5-4-7-21-11/h3-5,7,13H,1,6,17H2,2H3. The predicted molar refractivity (Wildman–Crippen MR) is 78.8 cm³/mol. The fourth-order valence-corrected chi connectivity index (χ4v) is 2.94. The minimum absolute atomic E-state index is 0.0219. The lowest BCUT2D eigenvalue weighted by molar-refractivity contribution is -0.138. The number of ether oxygens (including phenoxy) is 2. The zero-order valence-corrected chi connectivity index (χ0v) is 12.3. The van der Waals surface area contributed by atoms with Crippen LogP contribution in [-0.2, 0) is 14.3 Å². The molecule has 0 amide bonds. The Balaban J connectivity index is 2.49. The van der Waals surface area contributed by atoms with Crippen LogP contribution in [0.1, 0.15) is 17.7 Å². The highest BCUT2D eigenvalue weighted by atomic mass is 32.1. The average Bonchev–Trinajstić information content (AvgIpc) is 2.97. The van der Waals surface area contributed by atoms with Gasteiger partial charge in [0.1, 0.15) is 24.0 Å². The van der Waals surface area contributed by atoms with Crippen molar-refractivity contribution in [1.82, 2.24) is 0 Å². The van der Waals surface area contributed by atoms with Crippen molar-refractivity contribution in [2.24, 2.45) is 5.73 Å². The summed E-state index contributed by atoms with van der Waals surface area (Å²) in [5.41, 5.74) is 6.29. The van der Waals surface area contributed by atoms with E-state index in [0.717, 1.165) is 4.88 Å². The van der Waals surface area contributed by atoms with Gasteiger partial charge in [-0.3, -0.25) is 0 Å². The molecule has 6 heteroatoms. The number of esters is 1. The first-order valence-corrected chi connectivity index (χ1v) is 7.07. The van der Waals surface area contributed by atoms with Crippen LogP contribution >= 0.6 is 11.3 Å². The van der Waals surface area contributed by atoms with Crippen LogP contribution in [0.3, 0.4) is 0 Å². The summed E-state index contributed by atoms with van der Waals surface area (Å²) in [6.45, 7) is 5.23. The Labute approximate surface area is 126 Å². The van der Waals surface area contributed by atoms with Gasteiger partial charge < -0.3 is 15.2 Å². The normalized spacial score (nSPS) is 18.0. The van der Waals surface area contributed by atoms with Gasteiger partial charge in [-0.05, 0) is 18.4 Å². The van der Waals surface area contributed by atoms with Gasteiger partial charge in [0.15, 0.2) is 0 Å². The number of nitrogens with two attached hydrogens (primary N) is 1. The van der Waals surface area contributed by atoms with Crippen LogP contribution in [0.4, 0.5) is 0 Å². The molecule has 0 aliphatic carbocycles. The summed E-state index contributed by atoms with van der Waals surface area (Å²) in [5, 5.41) is 11.2. The van der Waals surface area contributed by atoms with Gasteiger partial charge in [0, 0.05) is 4.88 Å². The van der Waals surface area contributed by atoms with Gasteiger partial charge >= 0.3 is 5.97 Å². The molecule has 0 aromatic carbocycles. The van der Waals surface area contributed by atoms with Crippen LogP contribution in [0.2, 0.25) is 0 Å². The molecule has 1 aliphatic rings. The Kier molecular flexibility index (Phi) is 4.45. The lowest BCUT2D eigenvalue weighted by atomic mass is 9.87. The van der Waals surface area contributed by atoms with Crippen molar-refractivity contribution in [2.75, 3.05) is 6.61 Å². The number of allylic oxidation sites excluding steroid dienone is 2. The zero-order chi connectivity index (χ0) is 15.4. The lowest BCUT2D eigenvalue weighted by Crippen LogP contribution is -2.25. The summed E-state index contributed by atoms with van der Waals surface area (Å²) in [6.07, 6.45) is 1.48. The average molecular weight is 302 g/mol. The Morgan fingerprint density at radius 2 is 2.48 bits per heavy atom. The number of nitrogens with zero attached hydrogens (tertiary/aromatic N) is 1. The van der Waals surface area contributed by atoms with E-state index in [1.807, 2.05) is 23.6 Å². The molecule has 0 spiro atoms. The first-order chi connectivity index (χ1) is 10.1. The number of thiophene rings is 1. The molecule has 2 heterocycles. The molecule has 1 unspecified atom stereocenters. The van der Waals surface area contributed by atoms with E-state index >= 15 is 0 Å². The number of carbonyl (C=O) groups is 1. The number of nitriles is 1. The molecule has 5 nitrogen and oxygen atoms in total. The van der Waals surface area contributed by atoms with Crippen LogP contribution in [0.25, 0.3) is 0 Å². The largest absolute Gasteiger partial charge is 0.458 e. The number of rotatable bonds is 4. The number of carbonyl (C=O) groups excluding carboxylic acids is 1. The Morgan fingerprint density at radius 1 is 1.71 bits per heavy atom. The van der Waals surface area contributed by atoms with E-state index in [1.54, 1.807) is 6.92 Å². The molecule has 1 aromatic rings. The van der Waals surface area contributed by atoms with E-state index in [0.29, 0.717) is 11.3 Å². The summed E-state index contributed by atoms with van der Waals surface area (Å²) in [5.74, 6) is -0.722. The third-order valence-electron chi connectivity index (χ3n) is 2.99. The maximum absolute atomic E-state index is 12.3. The summed E-state index contributed by atoms with van der Waals surface area (Å²) in [4.78, 5) is 13.1. The second-order valence-electron chi connectivity index (χ2n) is 4.30. The highest BCUT2D eigenvalue weighted by Gasteiger charge is 2.36. The van der Waals surface area contributed by atoms with E-state index in [4.69, 9.17) is 15.2 Å².